The predicted octanol–water partition coefficient (Wildman–Crippen LogP) is 3.76. The third-order valence-electron chi connectivity index (χ3n) is 3.64. The molecule has 1 aromatic carbocycles. The van der Waals surface area contributed by atoms with Crippen LogP contribution < -0.4 is 0 Å². The quantitative estimate of drug-likeness (QED) is 0.915. The van der Waals surface area contributed by atoms with Crippen LogP contribution in [0.1, 0.15) is 31.4 Å². The summed E-state index contributed by atoms with van der Waals surface area (Å²) in [6.45, 7) is 5.09. The molecule has 1 atom stereocenters. The van der Waals surface area contributed by atoms with E-state index in [1.54, 1.807) is 12.1 Å². The fourth-order valence-electron chi connectivity index (χ4n) is 2.31. The zero-order valence-electron chi connectivity index (χ0n) is 10.6. The minimum absolute atomic E-state index is 0.492. The van der Waals surface area contributed by atoms with Gasteiger partial charge in [0.2, 0.25) is 0 Å². The van der Waals surface area contributed by atoms with Gasteiger partial charge < -0.3 is 10.0 Å². The van der Waals surface area contributed by atoms with Gasteiger partial charge >= 0.3 is 0 Å². The van der Waals surface area contributed by atoms with Crippen LogP contribution in [-0.2, 0) is 0 Å². The molecule has 4 heteroatoms. The smallest absolute Gasteiger partial charge is 0.0917 e. The van der Waals surface area contributed by atoms with Crippen LogP contribution in [0.15, 0.2) is 18.2 Å². The Labute approximate surface area is 119 Å². The van der Waals surface area contributed by atoms with E-state index in [2.05, 4.69) is 11.8 Å². The molecule has 1 saturated heterocycles. The standard InChI is InChI=1S/C14H19Cl2NO/c1-10-4-6-17(7-5-10)9-14(18)11-2-3-12(15)13(16)8-11/h2-3,8,10,14,18H,4-7,9H2,1H3. The van der Waals surface area contributed by atoms with Gasteiger partial charge in [-0.1, -0.05) is 36.2 Å². The molecule has 2 rings (SSSR count). The van der Waals surface area contributed by atoms with Gasteiger partial charge in [-0.15, -0.1) is 0 Å². The molecule has 1 aliphatic heterocycles. The molecule has 1 heterocycles. The van der Waals surface area contributed by atoms with E-state index in [4.69, 9.17) is 23.2 Å². The minimum Gasteiger partial charge on any atom is -0.387 e. The zero-order valence-corrected chi connectivity index (χ0v) is 12.1. The lowest BCUT2D eigenvalue weighted by atomic mass is 9.98. The third kappa shape index (κ3) is 3.61. The van der Waals surface area contributed by atoms with Gasteiger partial charge in [0.1, 0.15) is 0 Å². The van der Waals surface area contributed by atoms with E-state index in [9.17, 15) is 5.11 Å². The fourth-order valence-corrected chi connectivity index (χ4v) is 2.62. The van der Waals surface area contributed by atoms with Gasteiger partial charge in [0, 0.05) is 6.54 Å². The molecule has 0 amide bonds. The van der Waals surface area contributed by atoms with Crippen molar-refractivity contribution in [2.45, 2.75) is 25.9 Å². The van der Waals surface area contributed by atoms with E-state index in [1.807, 2.05) is 6.07 Å². The number of rotatable bonds is 3. The van der Waals surface area contributed by atoms with Gasteiger partial charge in [-0.3, -0.25) is 0 Å². The first kappa shape index (κ1) is 14.1. The lowest BCUT2D eigenvalue weighted by Crippen LogP contribution is -2.35. The summed E-state index contributed by atoms with van der Waals surface area (Å²) in [5.74, 6) is 0.809. The van der Waals surface area contributed by atoms with Gasteiger partial charge in [-0.05, 0) is 49.5 Å². The number of nitrogens with zero attached hydrogens (tertiary/aromatic N) is 1. The Morgan fingerprint density at radius 3 is 2.56 bits per heavy atom. The second-order valence-corrected chi connectivity index (χ2v) is 5.99. The van der Waals surface area contributed by atoms with Crippen LogP contribution in [0.5, 0.6) is 0 Å². The summed E-state index contributed by atoms with van der Waals surface area (Å²) < 4.78 is 0. The first-order valence-corrected chi connectivity index (χ1v) is 7.17. The average molecular weight is 288 g/mol. The molecular weight excluding hydrogens is 269 g/mol. The number of piperidine rings is 1. The number of β-amino-alcohol motifs (C(OH)–C–C–N with tert-alkyl or cyclic N) is 1. The molecule has 0 bridgehead atoms. The molecule has 0 aliphatic carbocycles. The van der Waals surface area contributed by atoms with Crippen molar-refractivity contribution in [1.29, 1.82) is 0 Å². The van der Waals surface area contributed by atoms with Crippen molar-refractivity contribution in [3.8, 4) is 0 Å². The van der Waals surface area contributed by atoms with Crippen LogP contribution >= 0.6 is 23.2 Å². The first-order chi connectivity index (χ1) is 8.56. The van der Waals surface area contributed by atoms with E-state index in [0.29, 0.717) is 16.6 Å². The van der Waals surface area contributed by atoms with Crippen LogP contribution in [0, 0.1) is 5.92 Å². The van der Waals surface area contributed by atoms with Gasteiger partial charge in [0.25, 0.3) is 0 Å². The third-order valence-corrected chi connectivity index (χ3v) is 4.37. The molecule has 1 fully saturated rings. The van der Waals surface area contributed by atoms with Gasteiger partial charge in [0.15, 0.2) is 0 Å². The van der Waals surface area contributed by atoms with Crippen molar-refractivity contribution < 1.29 is 5.11 Å². The summed E-state index contributed by atoms with van der Waals surface area (Å²) >= 11 is 11.8. The maximum atomic E-state index is 10.2. The minimum atomic E-state index is -0.492. The van der Waals surface area contributed by atoms with Crippen LogP contribution in [0.4, 0.5) is 0 Å². The molecule has 2 nitrogen and oxygen atoms in total. The molecule has 1 unspecified atom stereocenters. The van der Waals surface area contributed by atoms with Crippen LogP contribution in [0.3, 0.4) is 0 Å². The number of hydrogen-bond acceptors (Lipinski definition) is 2. The summed E-state index contributed by atoms with van der Waals surface area (Å²) in [5.41, 5.74) is 0.836. The van der Waals surface area contributed by atoms with E-state index in [1.165, 1.54) is 12.8 Å². The summed E-state index contributed by atoms with van der Waals surface area (Å²) in [7, 11) is 0. The van der Waals surface area contributed by atoms with E-state index >= 15 is 0 Å². The van der Waals surface area contributed by atoms with Crippen LogP contribution in [-0.4, -0.2) is 29.6 Å². The Morgan fingerprint density at radius 2 is 1.94 bits per heavy atom. The SMILES string of the molecule is CC1CCN(CC(O)c2ccc(Cl)c(Cl)c2)CC1. The predicted molar refractivity (Wildman–Crippen MR) is 76.3 cm³/mol. The van der Waals surface area contributed by atoms with Crippen LogP contribution in [0.25, 0.3) is 0 Å². The first-order valence-electron chi connectivity index (χ1n) is 6.41. The highest BCUT2D eigenvalue weighted by Crippen LogP contribution is 2.26. The van der Waals surface area contributed by atoms with Gasteiger partial charge in [-0.2, -0.15) is 0 Å². The van der Waals surface area contributed by atoms with Gasteiger partial charge in [0.05, 0.1) is 16.1 Å². The van der Waals surface area contributed by atoms with Crippen molar-refractivity contribution in [3.05, 3.63) is 33.8 Å². The average Bonchev–Trinajstić information content (AvgIpc) is 2.35. The number of benzene rings is 1. The van der Waals surface area contributed by atoms with Gasteiger partial charge in [-0.25, -0.2) is 0 Å². The monoisotopic (exact) mass is 287 g/mol. The summed E-state index contributed by atoms with van der Waals surface area (Å²) in [6, 6.07) is 5.33. The Kier molecular flexibility index (Phi) is 4.91. The number of halogens is 2. The summed E-state index contributed by atoms with van der Waals surface area (Å²) in [4.78, 5) is 2.31. The Bertz CT molecular complexity index is 403. The summed E-state index contributed by atoms with van der Waals surface area (Å²) in [5, 5.41) is 11.2. The number of hydrogen-bond donors (Lipinski definition) is 1. The van der Waals surface area contributed by atoms with Crippen molar-refractivity contribution in [3.63, 3.8) is 0 Å². The van der Waals surface area contributed by atoms with Crippen molar-refractivity contribution in [1.82, 2.24) is 4.90 Å². The van der Waals surface area contributed by atoms with E-state index in [0.717, 1.165) is 24.6 Å². The van der Waals surface area contributed by atoms with Crippen molar-refractivity contribution in [2.75, 3.05) is 19.6 Å². The molecule has 100 valence electrons. The Morgan fingerprint density at radius 1 is 1.28 bits per heavy atom. The normalized spacial score (nSPS) is 20.0. The molecule has 0 saturated carbocycles. The molecule has 0 spiro atoms. The highest BCUT2D eigenvalue weighted by Gasteiger charge is 2.19. The number of aliphatic hydroxyl groups is 1. The molecule has 0 aromatic heterocycles. The second-order valence-electron chi connectivity index (χ2n) is 5.17. The lowest BCUT2D eigenvalue weighted by molar-refractivity contribution is 0.0916. The van der Waals surface area contributed by atoms with Crippen molar-refractivity contribution >= 4 is 23.2 Å². The fraction of sp³-hybridized carbons (Fsp3) is 0.571. The largest absolute Gasteiger partial charge is 0.387 e. The highest BCUT2D eigenvalue weighted by atomic mass is 35.5. The Balaban J connectivity index is 1.94. The number of likely N-dealkylation sites (tertiary alicyclic amines) is 1. The summed E-state index contributed by atoms with van der Waals surface area (Å²) in [6.07, 6.45) is 1.94. The molecular formula is C14H19Cl2NO. The Hall–Kier alpha value is -0.280. The number of aliphatic hydroxyl groups excluding tert-OH is 1. The van der Waals surface area contributed by atoms with E-state index < -0.39 is 6.10 Å². The van der Waals surface area contributed by atoms with E-state index in [-0.39, 0.29) is 0 Å². The maximum absolute atomic E-state index is 10.2. The maximum Gasteiger partial charge on any atom is 0.0917 e. The highest BCUT2D eigenvalue weighted by molar-refractivity contribution is 6.42. The molecule has 18 heavy (non-hydrogen) atoms. The second kappa shape index (κ2) is 6.25. The zero-order chi connectivity index (χ0) is 13.1. The molecule has 1 aromatic rings. The molecule has 1 N–H and O–H groups in total. The molecule has 1 aliphatic rings. The topological polar surface area (TPSA) is 23.5 Å². The van der Waals surface area contributed by atoms with Crippen molar-refractivity contribution in [2.24, 2.45) is 5.92 Å². The lowest BCUT2D eigenvalue weighted by Gasteiger charge is -2.31. The van der Waals surface area contributed by atoms with Crippen LogP contribution in [0.2, 0.25) is 10.0 Å². The molecule has 0 radical (unpaired) electrons.